The van der Waals surface area contributed by atoms with Crippen LogP contribution in [-0.2, 0) is 4.79 Å². The molecule has 0 saturated carbocycles. The van der Waals surface area contributed by atoms with Gasteiger partial charge in [-0.05, 0) is 19.1 Å². The van der Waals surface area contributed by atoms with Crippen LogP contribution >= 0.6 is 11.6 Å². The van der Waals surface area contributed by atoms with Crippen molar-refractivity contribution in [3.05, 3.63) is 23.2 Å². The Kier molecular flexibility index (Phi) is 3.80. The summed E-state index contributed by atoms with van der Waals surface area (Å²) in [5, 5.41) is 2.90. The molecular formula is C10H13ClN2O2. The second kappa shape index (κ2) is 4.89. The maximum Gasteiger partial charge on any atom is 0.260 e. The first kappa shape index (κ1) is 11.7. The minimum atomic E-state index is -0.560. The van der Waals surface area contributed by atoms with Crippen LogP contribution in [0, 0.1) is 0 Å². The van der Waals surface area contributed by atoms with Crippen LogP contribution in [0.2, 0.25) is 5.02 Å². The summed E-state index contributed by atoms with van der Waals surface area (Å²) in [6.07, 6.45) is -0.560. The van der Waals surface area contributed by atoms with Crippen molar-refractivity contribution in [3.8, 4) is 5.75 Å². The second-order valence-corrected chi connectivity index (χ2v) is 3.46. The smallest absolute Gasteiger partial charge is 0.260 e. The minimum absolute atomic E-state index is 0.192. The molecular weight excluding hydrogens is 216 g/mol. The van der Waals surface area contributed by atoms with Gasteiger partial charge in [0.05, 0.1) is 10.7 Å². The lowest BCUT2D eigenvalue weighted by Gasteiger charge is -2.13. The molecule has 0 heterocycles. The van der Waals surface area contributed by atoms with Gasteiger partial charge in [-0.1, -0.05) is 11.6 Å². The molecule has 3 N–H and O–H groups in total. The molecule has 0 aliphatic rings. The number of carbonyl (C=O) groups is 1. The highest BCUT2D eigenvalue weighted by Crippen LogP contribution is 2.24. The van der Waals surface area contributed by atoms with Gasteiger partial charge in [0.15, 0.2) is 6.10 Å². The first-order chi connectivity index (χ1) is 7.04. The summed E-state index contributed by atoms with van der Waals surface area (Å²) in [7, 11) is 1.55. The lowest BCUT2D eigenvalue weighted by molar-refractivity contribution is -0.126. The third kappa shape index (κ3) is 3.02. The Balaban J connectivity index is 2.73. The molecule has 0 aliphatic carbocycles. The van der Waals surface area contributed by atoms with Gasteiger partial charge < -0.3 is 15.8 Å². The zero-order chi connectivity index (χ0) is 11.4. The third-order valence-corrected chi connectivity index (χ3v) is 2.23. The summed E-state index contributed by atoms with van der Waals surface area (Å²) in [6.45, 7) is 1.66. The Bertz CT molecular complexity index is 368. The van der Waals surface area contributed by atoms with Crippen molar-refractivity contribution in [2.75, 3.05) is 12.8 Å². The Morgan fingerprint density at radius 3 is 2.80 bits per heavy atom. The molecule has 0 saturated heterocycles. The molecule has 1 aromatic carbocycles. The lowest BCUT2D eigenvalue weighted by atomic mass is 10.3. The molecule has 1 rings (SSSR count). The van der Waals surface area contributed by atoms with E-state index >= 15 is 0 Å². The van der Waals surface area contributed by atoms with Gasteiger partial charge in [-0.3, -0.25) is 4.79 Å². The average molecular weight is 229 g/mol. The van der Waals surface area contributed by atoms with Gasteiger partial charge in [0.25, 0.3) is 5.91 Å². The van der Waals surface area contributed by atoms with Gasteiger partial charge in [0, 0.05) is 13.1 Å². The first-order valence-corrected chi connectivity index (χ1v) is 4.85. The predicted octanol–water partition coefficient (Wildman–Crippen LogP) is 1.44. The fraction of sp³-hybridized carbons (Fsp3) is 0.300. The van der Waals surface area contributed by atoms with Crippen LogP contribution in [0.15, 0.2) is 18.2 Å². The fourth-order valence-corrected chi connectivity index (χ4v) is 1.21. The lowest BCUT2D eigenvalue weighted by Crippen LogP contribution is -2.33. The van der Waals surface area contributed by atoms with E-state index in [9.17, 15) is 4.79 Å². The van der Waals surface area contributed by atoms with E-state index in [1.807, 2.05) is 0 Å². The van der Waals surface area contributed by atoms with Crippen LogP contribution in [-0.4, -0.2) is 19.1 Å². The fourth-order valence-electron chi connectivity index (χ4n) is 1.04. The number of rotatable bonds is 3. The molecule has 82 valence electrons. The first-order valence-electron chi connectivity index (χ1n) is 4.48. The Morgan fingerprint density at radius 2 is 2.27 bits per heavy atom. The van der Waals surface area contributed by atoms with Crippen molar-refractivity contribution in [3.63, 3.8) is 0 Å². The van der Waals surface area contributed by atoms with Crippen LogP contribution in [0.3, 0.4) is 0 Å². The van der Waals surface area contributed by atoms with Gasteiger partial charge >= 0.3 is 0 Å². The van der Waals surface area contributed by atoms with Gasteiger partial charge in [-0.2, -0.15) is 0 Å². The van der Waals surface area contributed by atoms with Gasteiger partial charge in [0.1, 0.15) is 5.75 Å². The van der Waals surface area contributed by atoms with Crippen molar-refractivity contribution in [1.82, 2.24) is 5.32 Å². The topological polar surface area (TPSA) is 64.3 Å². The van der Waals surface area contributed by atoms with Crippen LogP contribution in [0.1, 0.15) is 6.92 Å². The number of amides is 1. The van der Waals surface area contributed by atoms with E-state index in [2.05, 4.69) is 5.32 Å². The number of hydrogen-bond acceptors (Lipinski definition) is 3. The second-order valence-electron chi connectivity index (χ2n) is 3.06. The zero-order valence-corrected chi connectivity index (χ0v) is 9.34. The predicted molar refractivity (Wildman–Crippen MR) is 60.0 cm³/mol. The molecule has 0 fully saturated rings. The van der Waals surface area contributed by atoms with Crippen molar-refractivity contribution in [2.45, 2.75) is 13.0 Å². The molecule has 1 aromatic rings. The van der Waals surface area contributed by atoms with Gasteiger partial charge in [-0.15, -0.1) is 0 Å². The number of anilines is 1. The van der Waals surface area contributed by atoms with Crippen molar-refractivity contribution in [1.29, 1.82) is 0 Å². The molecule has 15 heavy (non-hydrogen) atoms. The van der Waals surface area contributed by atoms with Crippen LogP contribution in [0.4, 0.5) is 5.69 Å². The Labute approximate surface area is 93.4 Å². The third-order valence-electron chi connectivity index (χ3n) is 1.90. The minimum Gasteiger partial charge on any atom is -0.481 e. The number of benzene rings is 1. The largest absolute Gasteiger partial charge is 0.481 e. The number of ether oxygens (including phenoxy) is 1. The standard InChI is InChI=1S/C10H13ClN2O2/c1-6(10(14)13-2)15-7-3-4-9(12)8(11)5-7/h3-6H,12H2,1-2H3,(H,13,14). The number of likely N-dealkylation sites (N-methyl/N-ethyl adjacent to an activating group) is 1. The number of nitrogen functional groups attached to an aromatic ring is 1. The summed E-state index contributed by atoms with van der Waals surface area (Å²) in [5.41, 5.74) is 6.02. The number of halogens is 1. The summed E-state index contributed by atoms with van der Waals surface area (Å²) < 4.78 is 5.35. The molecule has 5 heteroatoms. The Hall–Kier alpha value is -1.42. The molecule has 0 aliphatic heterocycles. The van der Waals surface area contributed by atoms with E-state index in [1.165, 1.54) is 0 Å². The SMILES string of the molecule is CNC(=O)C(C)Oc1ccc(N)c(Cl)c1. The van der Waals surface area contributed by atoms with Crippen molar-refractivity contribution in [2.24, 2.45) is 0 Å². The van der Waals surface area contributed by atoms with E-state index in [4.69, 9.17) is 22.1 Å². The molecule has 0 bridgehead atoms. The van der Waals surface area contributed by atoms with Crippen molar-refractivity contribution >= 4 is 23.2 Å². The number of nitrogens with one attached hydrogen (secondary N) is 1. The maximum absolute atomic E-state index is 11.2. The van der Waals surface area contributed by atoms with E-state index in [0.717, 1.165) is 0 Å². The number of nitrogens with two attached hydrogens (primary N) is 1. The number of hydrogen-bond donors (Lipinski definition) is 2. The highest BCUT2D eigenvalue weighted by molar-refractivity contribution is 6.33. The van der Waals surface area contributed by atoms with Crippen LogP contribution in [0.5, 0.6) is 5.75 Å². The van der Waals surface area contributed by atoms with Crippen LogP contribution < -0.4 is 15.8 Å². The molecule has 0 spiro atoms. The maximum atomic E-state index is 11.2. The zero-order valence-electron chi connectivity index (χ0n) is 8.58. The number of carbonyl (C=O) groups excluding carboxylic acids is 1. The van der Waals surface area contributed by atoms with Gasteiger partial charge in [0.2, 0.25) is 0 Å². The highest BCUT2D eigenvalue weighted by atomic mass is 35.5. The average Bonchev–Trinajstić information content (AvgIpc) is 2.22. The summed E-state index contributed by atoms with van der Waals surface area (Å²) in [5.74, 6) is 0.327. The summed E-state index contributed by atoms with van der Waals surface area (Å²) >= 11 is 5.81. The molecule has 4 nitrogen and oxygen atoms in total. The quantitative estimate of drug-likeness (QED) is 0.770. The van der Waals surface area contributed by atoms with Gasteiger partial charge in [-0.25, -0.2) is 0 Å². The normalized spacial score (nSPS) is 11.9. The van der Waals surface area contributed by atoms with E-state index in [1.54, 1.807) is 32.2 Å². The van der Waals surface area contributed by atoms with Crippen LogP contribution in [0.25, 0.3) is 0 Å². The Morgan fingerprint density at radius 1 is 1.60 bits per heavy atom. The van der Waals surface area contributed by atoms with Crippen molar-refractivity contribution < 1.29 is 9.53 Å². The molecule has 0 aromatic heterocycles. The van der Waals surface area contributed by atoms with E-state index in [0.29, 0.717) is 16.5 Å². The molecule has 1 unspecified atom stereocenters. The molecule has 1 atom stereocenters. The van der Waals surface area contributed by atoms with E-state index < -0.39 is 6.10 Å². The van der Waals surface area contributed by atoms with E-state index in [-0.39, 0.29) is 5.91 Å². The molecule has 1 amide bonds. The monoisotopic (exact) mass is 228 g/mol. The summed E-state index contributed by atoms with van der Waals surface area (Å²) in [4.78, 5) is 11.2. The molecule has 0 radical (unpaired) electrons. The summed E-state index contributed by atoms with van der Waals surface area (Å²) in [6, 6.07) is 4.88. The highest BCUT2D eigenvalue weighted by Gasteiger charge is 2.12.